The molecule has 13 heteroatoms. The highest BCUT2D eigenvalue weighted by Crippen LogP contribution is 2.41. The van der Waals surface area contributed by atoms with Gasteiger partial charge in [-0.3, -0.25) is 14.5 Å². The second-order valence-electron chi connectivity index (χ2n) is 5.24. The van der Waals surface area contributed by atoms with E-state index in [1.165, 1.54) is 33.1 Å². The van der Waals surface area contributed by atoms with E-state index in [1.807, 2.05) is 0 Å². The van der Waals surface area contributed by atoms with Crippen molar-refractivity contribution in [3.05, 3.63) is 11.3 Å². The van der Waals surface area contributed by atoms with Crippen LogP contribution in [0.3, 0.4) is 0 Å². The van der Waals surface area contributed by atoms with Gasteiger partial charge in [-0.25, -0.2) is 9.48 Å². The lowest BCUT2D eigenvalue weighted by molar-refractivity contribution is -0.150. The molecule has 1 aromatic rings. The number of aromatic nitrogens is 4. The molecule has 0 spiro atoms. The number of tetrazole rings is 1. The van der Waals surface area contributed by atoms with E-state index in [1.54, 1.807) is 7.05 Å². The van der Waals surface area contributed by atoms with Crippen molar-refractivity contribution in [3.8, 4) is 0 Å². The minimum Gasteiger partial charge on any atom is -0.477 e. The van der Waals surface area contributed by atoms with Crippen molar-refractivity contribution in [1.29, 1.82) is 0 Å². The predicted molar refractivity (Wildman–Crippen MR) is 93.1 cm³/mol. The molecule has 134 valence electrons. The van der Waals surface area contributed by atoms with Crippen LogP contribution in [-0.2, 0) is 21.4 Å². The summed E-state index contributed by atoms with van der Waals surface area (Å²) in [5.41, 5.74) is 0.599. The average molecular weight is 402 g/mol. The minimum atomic E-state index is -1.16. The minimum absolute atomic E-state index is 0.0206. The van der Waals surface area contributed by atoms with Crippen LogP contribution >= 0.6 is 36.2 Å². The number of amides is 2. The maximum atomic E-state index is 12.3. The van der Waals surface area contributed by atoms with Crippen LogP contribution in [-0.4, -0.2) is 76.7 Å². The molecule has 2 aliphatic heterocycles. The molecule has 0 aromatic carbocycles. The molecule has 0 radical (unpaired) electrons. The molecular weight excluding hydrogens is 388 g/mol. The van der Waals surface area contributed by atoms with Gasteiger partial charge < -0.3 is 10.4 Å². The number of carbonyl (C=O) groups is 3. The predicted octanol–water partition coefficient (Wildman–Crippen LogP) is -1.03. The number of fused-ring (bicyclic) bond motifs is 1. The van der Waals surface area contributed by atoms with E-state index in [-0.39, 0.29) is 17.4 Å². The second kappa shape index (κ2) is 7.25. The maximum absolute atomic E-state index is 12.3. The van der Waals surface area contributed by atoms with Crippen LogP contribution in [0.15, 0.2) is 16.4 Å². The van der Waals surface area contributed by atoms with Gasteiger partial charge >= 0.3 is 5.97 Å². The molecule has 0 aliphatic carbocycles. The lowest BCUT2D eigenvalue weighted by Crippen LogP contribution is -2.70. The number of carboxylic acids is 1. The van der Waals surface area contributed by atoms with Crippen LogP contribution in [0.4, 0.5) is 0 Å². The van der Waals surface area contributed by atoms with Crippen molar-refractivity contribution in [2.75, 3.05) is 17.3 Å². The Balaban J connectivity index is 1.77. The number of aryl methyl sites for hydroxylation is 1. The fourth-order valence-corrected chi connectivity index (χ4v) is 4.93. The number of rotatable bonds is 6. The molecule has 0 bridgehead atoms. The number of aliphatic carboxylic acids is 1. The molecule has 10 nitrogen and oxygen atoms in total. The third-order valence-electron chi connectivity index (χ3n) is 3.67. The van der Waals surface area contributed by atoms with Crippen molar-refractivity contribution >= 4 is 53.9 Å². The van der Waals surface area contributed by atoms with Crippen molar-refractivity contribution in [1.82, 2.24) is 30.4 Å². The monoisotopic (exact) mass is 402 g/mol. The van der Waals surface area contributed by atoms with Gasteiger partial charge in [0, 0.05) is 18.6 Å². The van der Waals surface area contributed by atoms with E-state index >= 15 is 0 Å². The number of nitrogens with one attached hydrogen (secondary N) is 1. The Hall–Kier alpha value is -1.73. The smallest absolute Gasteiger partial charge is 0.352 e. The fraction of sp³-hybridized carbons (Fsp3) is 0.500. The molecule has 2 amide bonds. The van der Waals surface area contributed by atoms with Gasteiger partial charge in [0.25, 0.3) is 5.91 Å². The Morgan fingerprint density at radius 1 is 1.52 bits per heavy atom. The first-order chi connectivity index (χ1) is 11.9. The summed E-state index contributed by atoms with van der Waals surface area (Å²) < 4.78 is 1.49. The molecule has 3 rings (SSSR count). The Labute approximate surface area is 156 Å². The fourth-order valence-electron chi connectivity index (χ4n) is 2.51. The Morgan fingerprint density at radius 3 is 2.88 bits per heavy atom. The molecule has 2 atom stereocenters. The molecular formula is C12H14N6O4S3. The van der Waals surface area contributed by atoms with Gasteiger partial charge in [-0.2, -0.15) is 12.6 Å². The Bertz CT molecular complexity index is 766. The first kappa shape index (κ1) is 18.1. The highest BCUT2D eigenvalue weighted by Gasteiger charge is 2.54. The van der Waals surface area contributed by atoms with Gasteiger partial charge in [-0.15, -0.1) is 16.9 Å². The van der Waals surface area contributed by atoms with Crippen molar-refractivity contribution in [2.45, 2.75) is 16.6 Å². The number of nitrogens with zero attached hydrogens (tertiary/aromatic N) is 5. The van der Waals surface area contributed by atoms with Gasteiger partial charge in [-0.1, -0.05) is 11.8 Å². The highest BCUT2D eigenvalue weighted by atomic mass is 32.2. The normalized spacial score (nSPS) is 22.5. The molecule has 25 heavy (non-hydrogen) atoms. The third kappa shape index (κ3) is 3.35. The second-order valence-corrected chi connectivity index (χ2v) is 7.61. The zero-order valence-corrected chi connectivity index (χ0v) is 15.5. The number of β-lactam (4-membered cyclic amide) rings is 1. The summed E-state index contributed by atoms with van der Waals surface area (Å²) in [6, 6.07) is -0.712. The van der Waals surface area contributed by atoms with Crippen molar-refractivity contribution in [2.24, 2.45) is 7.05 Å². The van der Waals surface area contributed by atoms with E-state index in [0.29, 0.717) is 22.2 Å². The third-order valence-corrected chi connectivity index (χ3v) is 6.39. The van der Waals surface area contributed by atoms with Crippen LogP contribution in [0.2, 0.25) is 0 Å². The molecule has 2 N–H and O–H groups in total. The lowest BCUT2D eigenvalue weighted by atomic mass is 10.0. The number of thiol groups is 1. The summed E-state index contributed by atoms with van der Waals surface area (Å²) in [7, 11) is 1.69. The van der Waals surface area contributed by atoms with E-state index in [0.717, 1.165) is 0 Å². The van der Waals surface area contributed by atoms with Gasteiger partial charge in [0.05, 0.1) is 5.75 Å². The summed E-state index contributed by atoms with van der Waals surface area (Å²) in [5, 5.41) is 23.4. The lowest BCUT2D eigenvalue weighted by Gasteiger charge is -2.49. The first-order valence-corrected chi connectivity index (χ1v) is 9.76. The van der Waals surface area contributed by atoms with Crippen LogP contribution in [0.1, 0.15) is 0 Å². The summed E-state index contributed by atoms with van der Waals surface area (Å²) in [6.45, 7) is 0. The van der Waals surface area contributed by atoms with Crippen LogP contribution in [0.5, 0.6) is 0 Å². The van der Waals surface area contributed by atoms with E-state index in [4.69, 9.17) is 0 Å². The summed E-state index contributed by atoms with van der Waals surface area (Å²) >= 11 is 6.58. The average Bonchev–Trinajstić information content (AvgIpc) is 3.01. The van der Waals surface area contributed by atoms with Crippen molar-refractivity contribution < 1.29 is 19.5 Å². The standard InChI is InChI=1S/C12H14N6O4S3/c1-17-12(14-15-16-17)25-4-5-3-24-10-7(13-6(19)2-23)9(20)18(10)8(5)11(21)22/h7,10,23H,2-4H2,1H3,(H,13,19)(H,21,22)/t7?,10-/m0/s1. The molecule has 2 aliphatic rings. The Morgan fingerprint density at radius 2 is 2.28 bits per heavy atom. The molecule has 3 heterocycles. The van der Waals surface area contributed by atoms with Gasteiger partial charge in [0.15, 0.2) is 0 Å². The zero-order chi connectivity index (χ0) is 18.1. The number of carbonyl (C=O) groups excluding carboxylic acids is 2. The first-order valence-electron chi connectivity index (χ1n) is 7.09. The van der Waals surface area contributed by atoms with Gasteiger partial charge in [0.2, 0.25) is 11.1 Å². The maximum Gasteiger partial charge on any atom is 0.352 e. The molecule has 1 saturated heterocycles. The van der Waals surface area contributed by atoms with E-state index in [2.05, 4.69) is 33.5 Å². The number of hydrogen-bond acceptors (Lipinski definition) is 9. The van der Waals surface area contributed by atoms with E-state index < -0.39 is 23.3 Å². The Kier molecular flexibility index (Phi) is 5.24. The van der Waals surface area contributed by atoms with Crippen LogP contribution in [0.25, 0.3) is 0 Å². The van der Waals surface area contributed by atoms with Gasteiger partial charge in [-0.05, 0) is 16.0 Å². The van der Waals surface area contributed by atoms with Gasteiger partial charge in [0.1, 0.15) is 17.1 Å². The SMILES string of the molecule is Cn1nnnc1SCC1=C(C(=O)O)N2C(=O)C(NC(=O)CS)[C@@H]2SC1. The number of thioether (sulfide) groups is 2. The summed E-state index contributed by atoms with van der Waals surface area (Å²) in [6.07, 6.45) is 0. The quantitative estimate of drug-likeness (QED) is 0.311. The summed E-state index contributed by atoms with van der Waals surface area (Å²) in [4.78, 5) is 36.7. The molecule has 0 saturated carbocycles. The largest absolute Gasteiger partial charge is 0.477 e. The highest BCUT2D eigenvalue weighted by molar-refractivity contribution is 8.01. The zero-order valence-electron chi connectivity index (χ0n) is 12.9. The molecule has 1 aromatic heterocycles. The van der Waals surface area contributed by atoms with E-state index in [9.17, 15) is 19.5 Å². The van der Waals surface area contributed by atoms with Crippen LogP contribution < -0.4 is 5.32 Å². The molecule has 1 fully saturated rings. The van der Waals surface area contributed by atoms with Crippen LogP contribution in [0, 0.1) is 0 Å². The van der Waals surface area contributed by atoms with Crippen molar-refractivity contribution in [3.63, 3.8) is 0 Å². The number of carboxylic acid groups (broad SMARTS) is 1. The number of hydrogen-bond donors (Lipinski definition) is 3. The summed E-state index contributed by atoms with van der Waals surface area (Å²) in [5.74, 6) is -1.18. The topological polar surface area (TPSA) is 130 Å². The molecule has 1 unspecified atom stereocenters.